The maximum Gasteiger partial charge on any atom is 0.277 e. The molecule has 31 heavy (non-hydrogen) atoms. The van der Waals surface area contributed by atoms with Crippen LogP contribution in [0, 0.1) is 11.6 Å². The van der Waals surface area contributed by atoms with Gasteiger partial charge in [-0.2, -0.15) is 4.98 Å². The van der Waals surface area contributed by atoms with Crippen molar-refractivity contribution in [3.8, 4) is 16.5 Å². The van der Waals surface area contributed by atoms with Gasteiger partial charge in [-0.3, -0.25) is 4.79 Å². The fourth-order valence-electron chi connectivity index (χ4n) is 3.20. The van der Waals surface area contributed by atoms with Gasteiger partial charge in [0.05, 0.1) is 11.8 Å². The Morgan fingerprint density at radius 3 is 2.71 bits per heavy atom. The summed E-state index contributed by atoms with van der Waals surface area (Å²) in [5.41, 5.74) is 0.0163. The first-order valence-corrected chi connectivity index (χ1v) is 10.5. The van der Waals surface area contributed by atoms with Gasteiger partial charge in [-0.1, -0.05) is 17.4 Å². The van der Waals surface area contributed by atoms with E-state index in [1.807, 2.05) is 0 Å². The second-order valence-corrected chi connectivity index (χ2v) is 7.81. The third kappa shape index (κ3) is 4.62. The second kappa shape index (κ2) is 9.31. The average molecular weight is 446 g/mol. The van der Waals surface area contributed by atoms with E-state index in [1.54, 1.807) is 7.05 Å². The Balaban J connectivity index is 1.59. The molecule has 11 heteroatoms. The summed E-state index contributed by atoms with van der Waals surface area (Å²) in [5, 5.41) is 9.23. The maximum atomic E-state index is 14.2. The summed E-state index contributed by atoms with van der Waals surface area (Å²) >= 11 is 0.980. The molecule has 1 amide bonds. The highest BCUT2D eigenvalue weighted by molar-refractivity contribution is 7.19. The lowest BCUT2D eigenvalue weighted by molar-refractivity contribution is 0.102. The number of aromatic nitrogens is 3. The lowest BCUT2D eigenvalue weighted by Crippen LogP contribution is -2.34. The minimum absolute atomic E-state index is 0.00169. The van der Waals surface area contributed by atoms with Crippen LogP contribution >= 0.6 is 11.3 Å². The number of thiazole rings is 1. The van der Waals surface area contributed by atoms with Crippen molar-refractivity contribution in [1.82, 2.24) is 20.3 Å². The summed E-state index contributed by atoms with van der Waals surface area (Å²) in [7, 11) is 1.60. The van der Waals surface area contributed by atoms with Crippen LogP contribution in [0.15, 0.2) is 30.7 Å². The predicted molar refractivity (Wildman–Crippen MR) is 114 cm³/mol. The number of rotatable bonds is 6. The van der Waals surface area contributed by atoms with Gasteiger partial charge in [0.1, 0.15) is 39.8 Å². The fourth-order valence-corrected chi connectivity index (χ4v) is 4.17. The van der Waals surface area contributed by atoms with E-state index >= 15 is 0 Å². The van der Waals surface area contributed by atoms with Gasteiger partial charge >= 0.3 is 0 Å². The Hall–Kier alpha value is -3.18. The van der Waals surface area contributed by atoms with Gasteiger partial charge < -0.3 is 20.7 Å². The van der Waals surface area contributed by atoms with Crippen molar-refractivity contribution >= 4 is 27.9 Å². The van der Waals surface area contributed by atoms with E-state index in [0.717, 1.165) is 49.4 Å². The maximum absolute atomic E-state index is 14.2. The van der Waals surface area contributed by atoms with Crippen molar-refractivity contribution in [3.05, 3.63) is 48.1 Å². The summed E-state index contributed by atoms with van der Waals surface area (Å²) in [6.45, 7) is 1.69. The summed E-state index contributed by atoms with van der Waals surface area (Å²) < 4.78 is 34.3. The highest BCUT2D eigenvalue weighted by Crippen LogP contribution is 2.35. The molecular weight excluding hydrogens is 426 g/mol. The van der Waals surface area contributed by atoms with E-state index in [2.05, 4.69) is 30.9 Å². The van der Waals surface area contributed by atoms with E-state index in [1.165, 1.54) is 18.6 Å². The van der Waals surface area contributed by atoms with Crippen LogP contribution in [0.1, 0.15) is 23.3 Å². The van der Waals surface area contributed by atoms with Gasteiger partial charge in [0.25, 0.3) is 5.91 Å². The molecule has 4 rings (SSSR count). The number of nitrogens with one attached hydrogen (secondary N) is 3. The van der Waals surface area contributed by atoms with Crippen molar-refractivity contribution in [2.45, 2.75) is 18.9 Å². The molecule has 3 heterocycles. The topological polar surface area (TPSA) is 101 Å². The van der Waals surface area contributed by atoms with Gasteiger partial charge in [0, 0.05) is 7.05 Å². The minimum atomic E-state index is -0.752. The number of carbonyl (C=O) groups is 1. The van der Waals surface area contributed by atoms with Crippen LogP contribution in [0.25, 0.3) is 10.6 Å². The van der Waals surface area contributed by atoms with Crippen LogP contribution in [-0.4, -0.2) is 47.1 Å². The van der Waals surface area contributed by atoms with E-state index in [4.69, 9.17) is 4.74 Å². The van der Waals surface area contributed by atoms with Crippen molar-refractivity contribution in [2.24, 2.45) is 0 Å². The monoisotopic (exact) mass is 446 g/mol. The molecule has 0 unspecified atom stereocenters. The Labute approximate surface area is 181 Å². The van der Waals surface area contributed by atoms with Gasteiger partial charge in [0.2, 0.25) is 5.88 Å². The Kier molecular flexibility index (Phi) is 6.33. The smallest absolute Gasteiger partial charge is 0.277 e. The number of hydrogen-bond acceptors (Lipinski definition) is 8. The average Bonchev–Trinajstić information content (AvgIpc) is 3.20. The minimum Gasteiger partial charge on any atom is -0.473 e. The molecule has 0 atom stereocenters. The van der Waals surface area contributed by atoms with E-state index in [9.17, 15) is 13.6 Å². The Bertz CT molecular complexity index is 1070. The SMILES string of the molecule is CNc1sc(-c2c(F)cccc2F)nc1C(=O)Nc1cncnc1OC1CCNCC1. The number of amides is 1. The summed E-state index contributed by atoms with van der Waals surface area (Å²) in [5.74, 6) is -1.82. The summed E-state index contributed by atoms with van der Waals surface area (Å²) in [6.07, 6.45) is 4.40. The van der Waals surface area contributed by atoms with Gasteiger partial charge in [-0.25, -0.2) is 18.7 Å². The van der Waals surface area contributed by atoms with Crippen molar-refractivity contribution in [1.29, 1.82) is 0 Å². The zero-order valence-corrected chi connectivity index (χ0v) is 17.4. The molecule has 162 valence electrons. The third-order valence-corrected chi connectivity index (χ3v) is 5.82. The molecule has 0 aliphatic carbocycles. The molecular formula is C20H20F2N6O2S. The molecule has 0 saturated carbocycles. The van der Waals surface area contributed by atoms with E-state index in [0.29, 0.717) is 10.7 Å². The summed E-state index contributed by atoms with van der Waals surface area (Å²) in [6, 6.07) is 3.56. The highest BCUT2D eigenvalue weighted by atomic mass is 32.1. The molecule has 0 radical (unpaired) electrons. The molecule has 3 aromatic rings. The number of halogens is 2. The van der Waals surface area contributed by atoms with E-state index in [-0.39, 0.29) is 28.2 Å². The Morgan fingerprint density at radius 1 is 1.26 bits per heavy atom. The lowest BCUT2D eigenvalue weighted by Gasteiger charge is -2.24. The molecule has 0 spiro atoms. The number of anilines is 2. The van der Waals surface area contributed by atoms with Gasteiger partial charge in [-0.15, -0.1) is 0 Å². The first-order chi connectivity index (χ1) is 15.1. The van der Waals surface area contributed by atoms with Crippen LogP contribution in [0.4, 0.5) is 19.5 Å². The fraction of sp³-hybridized carbons (Fsp3) is 0.300. The van der Waals surface area contributed by atoms with Crippen LogP contribution in [0.2, 0.25) is 0 Å². The lowest BCUT2D eigenvalue weighted by atomic mass is 10.1. The van der Waals surface area contributed by atoms with E-state index < -0.39 is 17.5 Å². The molecule has 1 saturated heterocycles. The number of hydrogen-bond donors (Lipinski definition) is 3. The number of benzene rings is 1. The van der Waals surface area contributed by atoms with Crippen molar-refractivity contribution in [2.75, 3.05) is 30.8 Å². The van der Waals surface area contributed by atoms with Gasteiger partial charge in [0.15, 0.2) is 5.69 Å². The molecule has 0 bridgehead atoms. The zero-order chi connectivity index (χ0) is 21.8. The molecule has 8 nitrogen and oxygen atoms in total. The summed E-state index contributed by atoms with van der Waals surface area (Å²) in [4.78, 5) is 25.2. The molecule has 1 aromatic carbocycles. The quantitative estimate of drug-likeness (QED) is 0.534. The molecule has 1 aliphatic heterocycles. The van der Waals surface area contributed by atoms with Crippen LogP contribution < -0.4 is 20.7 Å². The van der Waals surface area contributed by atoms with Crippen LogP contribution in [-0.2, 0) is 0 Å². The zero-order valence-electron chi connectivity index (χ0n) is 16.6. The molecule has 1 fully saturated rings. The molecule has 1 aliphatic rings. The van der Waals surface area contributed by atoms with Gasteiger partial charge in [-0.05, 0) is 38.1 Å². The number of nitrogens with zero attached hydrogens (tertiary/aromatic N) is 3. The number of piperidine rings is 1. The third-order valence-electron chi connectivity index (χ3n) is 4.73. The van der Waals surface area contributed by atoms with Crippen molar-refractivity contribution < 1.29 is 18.3 Å². The normalized spacial score (nSPS) is 14.3. The largest absolute Gasteiger partial charge is 0.473 e. The number of ether oxygens (including phenoxy) is 1. The standard InChI is InChI=1S/C20H20F2N6O2S/c1-23-20-16(28-19(31-20)15-12(21)3-2-4-13(15)22)17(29)27-14-9-25-10-26-18(14)30-11-5-7-24-8-6-11/h2-4,9-11,23-24H,5-8H2,1H3,(H,27,29). The number of carbonyl (C=O) groups excluding carboxylic acids is 1. The molecule has 3 N–H and O–H groups in total. The van der Waals surface area contributed by atoms with Crippen molar-refractivity contribution in [3.63, 3.8) is 0 Å². The Morgan fingerprint density at radius 2 is 2.00 bits per heavy atom. The van der Waals surface area contributed by atoms with Crippen LogP contribution in [0.3, 0.4) is 0 Å². The predicted octanol–water partition coefficient (Wildman–Crippen LogP) is 3.30. The molecule has 2 aromatic heterocycles. The highest BCUT2D eigenvalue weighted by Gasteiger charge is 2.24. The van der Waals surface area contributed by atoms with Crippen LogP contribution in [0.5, 0.6) is 5.88 Å². The first kappa shape index (κ1) is 21.1. The second-order valence-electron chi connectivity index (χ2n) is 6.81. The first-order valence-electron chi connectivity index (χ1n) is 9.68.